The number of ketones is 1. The minimum atomic E-state index is -0.599. The molecule has 1 aliphatic carbocycles. The van der Waals surface area contributed by atoms with Gasteiger partial charge >= 0.3 is 0 Å². The summed E-state index contributed by atoms with van der Waals surface area (Å²) in [6.07, 6.45) is 3.76. The Morgan fingerprint density at radius 1 is 1.20 bits per heavy atom. The quantitative estimate of drug-likeness (QED) is 0.753. The smallest absolute Gasteiger partial charge is 0.194 e. The van der Waals surface area contributed by atoms with Gasteiger partial charge in [-0.05, 0) is 51.0 Å². The van der Waals surface area contributed by atoms with Gasteiger partial charge in [-0.15, -0.1) is 0 Å². The summed E-state index contributed by atoms with van der Waals surface area (Å²) in [4.78, 5) is 12.9. The minimum absolute atomic E-state index is 0.165. The van der Waals surface area contributed by atoms with Gasteiger partial charge in [0.1, 0.15) is 5.60 Å². The van der Waals surface area contributed by atoms with Crippen LogP contribution in [-0.4, -0.2) is 18.0 Å². The van der Waals surface area contributed by atoms with Crippen LogP contribution in [0.1, 0.15) is 62.4 Å². The van der Waals surface area contributed by atoms with Crippen molar-refractivity contribution in [3.63, 3.8) is 0 Å². The van der Waals surface area contributed by atoms with Crippen molar-refractivity contribution in [1.29, 1.82) is 0 Å². The first-order chi connectivity index (χ1) is 9.38. The molecule has 1 aromatic carbocycles. The normalized spacial score (nSPS) is 20.6. The van der Waals surface area contributed by atoms with E-state index in [4.69, 9.17) is 4.74 Å². The fraction of sp³-hybridized carbons (Fsp3) is 0.611. The van der Waals surface area contributed by atoms with E-state index in [0.29, 0.717) is 12.0 Å². The third-order valence-corrected chi connectivity index (χ3v) is 4.53. The lowest BCUT2D eigenvalue weighted by Gasteiger charge is -2.42. The van der Waals surface area contributed by atoms with Crippen molar-refractivity contribution < 1.29 is 9.53 Å². The number of hydrogen-bond acceptors (Lipinski definition) is 2. The van der Waals surface area contributed by atoms with E-state index in [1.54, 1.807) is 0 Å². The van der Waals surface area contributed by atoms with Gasteiger partial charge in [0.2, 0.25) is 0 Å². The van der Waals surface area contributed by atoms with Gasteiger partial charge in [-0.25, -0.2) is 0 Å². The first-order valence-corrected chi connectivity index (χ1v) is 7.64. The second-order valence-corrected chi connectivity index (χ2v) is 6.79. The predicted molar refractivity (Wildman–Crippen MR) is 82.1 cm³/mol. The number of benzene rings is 1. The van der Waals surface area contributed by atoms with Crippen LogP contribution in [0.3, 0.4) is 0 Å². The van der Waals surface area contributed by atoms with E-state index in [1.165, 1.54) is 0 Å². The highest BCUT2D eigenvalue weighted by molar-refractivity contribution is 6.02. The number of hydrogen-bond donors (Lipinski definition) is 0. The molecule has 2 rings (SSSR count). The average Bonchev–Trinajstić information content (AvgIpc) is 2.41. The molecule has 0 aliphatic heterocycles. The number of ether oxygens (including phenoxy) is 1. The first-order valence-electron chi connectivity index (χ1n) is 7.64. The van der Waals surface area contributed by atoms with Crippen LogP contribution in [0, 0.1) is 12.3 Å². The molecule has 1 fully saturated rings. The van der Waals surface area contributed by atoms with Gasteiger partial charge in [0.05, 0.1) is 0 Å². The van der Waals surface area contributed by atoms with Crippen molar-refractivity contribution in [2.24, 2.45) is 5.41 Å². The molecule has 20 heavy (non-hydrogen) atoms. The highest BCUT2D eigenvalue weighted by Gasteiger charge is 2.44. The Morgan fingerprint density at radius 3 is 2.40 bits per heavy atom. The Hall–Kier alpha value is -1.15. The molecule has 0 saturated heterocycles. The molecule has 0 radical (unpaired) electrons. The van der Waals surface area contributed by atoms with Crippen LogP contribution in [-0.2, 0) is 4.74 Å². The van der Waals surface area contributed by atoms with E-state index >= 15 is 0 Å². The Bertz CT molecular complexity index is 478. The lowest BCUT2D eigenvalue weighted by Crippen LogP contribution is -2.46. The third-order valence-electron chi connectivity index (χ3n) is 4.53. The maximum Gasteiger partial charge on any atom is 0.194 e. The summed E-state index contributed by atoms with van der Waals surface area (Å²) in [5, 5.41) is 0. The zero-order valence-corrected chi connectivity index (χ0v) is 13.2. The van der Waals surface area contributed by atoms with Crippen LogP contribution >= 0.6 is 0 Å². The van der Waals surface area contributed by atoms with E-state index in [-0.39, 0.29) is 5.78 Å². The topological polar surface area (TPSA) is 26.3 Å². The molecule has 0 heterocycles. The van der Waals surface area contributed by atoms with Crippen LogP contribution in [0.2, 0.25) is 0 Å². The Labute approximate surface area is 122 Å². The summed E-state index contributed by atoms with van der Waals surface area (Å²) in [5.74, 6) is 0.165. The second-order valence-electron chi connectivity index (χ2n) is 6.79. The molecule has 0 amide bonds. The molecule has 110 valence electrons. The molecule has 0 unspecified atom stereocenters. The molecule has 0 aromatic heterocycles. The van der Waals surface area contributed by atoms with Crippen molar-refractivity contribution >= 4 is 5.78 Å². The highest BCUT2D eigenvalue weighted by atomic mass is 16.5. The molecule has 2 nitrogen and oxygen atoms in total. The van der Waals surface area contributed by atoms with E-state index < -0.39 is 5.60 Å². The van der Waals surface area contributed by atoms with Gasteiger partial charge in [0, 0.05) is 12.2 Å². The molecule has 1 saturated carbocycles. The van der Waals surface area contributed by atoms with Crippen molar-refractivity contribution in [2.75, 3.05) is 6.61 Å². The molecule has 0 spiro atoms. The molecule has 1 aromatic rings. The lowest BCUT2D eigenvalue weighted by molar-refractivity contribution is -0.0580. The van der Waals surface area contributed by atoms with Gasteiger partial charge in [-0.3, -0.25) is 4.79 Å². The van der Waals surface area contributed by atoms with Crippen molar-refractivity contribution in [2.45, 2.75) is 59.0 Å². The van der Waals surface area contributed by atoms with Crippen LogP contribution in [0.5, 0.6) is 0 Å². The Kier molecular flexibility index (Phi) is 4.33. The number of carbonyl (C=O) groups excluding carboxylic acids is 1. The van der Waals surface area contributed by atoms with Crippen LogP contribution in [0.25, 0.3) is 0 Å². The summed E-state index contributed by atoms with van der Waals surface area (Å²) in [7, 11) is 0. The number of rotatable bonds is 4. The van der Waals surface area contributed by atoms with E-state index in [9.17, 15) is 4.79 Å². The molecule has 0 N–H and O–H groups in total. The zero-order chi connectivity index (χ0) is 14.8. The fourth-order valence-corrected chi connectivity index (χ4v) is 3.09. The number of Topliss-reactive ketones (excluding diaryl/α,β-unsaturated/α-hetero) is 1. The van der Waals surface area contributed by atoms with Crippen LogP contribution in [0.4, 0.5) is 0 Å². The summed E-state index contributed by atoms with van der Waals surface area (Å²) < 4.78 is 5.97. The summed E-state index contributed by atoms with van der Waals surface area (Å²) in [5.41, 5.74) is 1.64. The zero-order valence-electron chi connectivity index (χ0n) is 13.2. The molecular weight excluding hydrogens is 248 g/mol. The van der Waals surface area contributed by atoms with Crippen LogP contribution in [0.15, 0.2) is 24.3 Å². The average molecular weight is 274 g/mol. The van der Waals surface area contributed by atoms with E-state index in [2.05, 4.69) is 13.8 Å². The van der Waals surface area contributed by atoms with Gasteiger partial charge in [0.25, 0.3) is 0 Å². The molecule has 2 heteroatoms. The Balaban J connectivity index is 2.27. The monoisotopic (exact) mass is 274 g/mol. The second kappa shape index (κ2) is 5.69. The highest BCUT2D eigenvalue weighted by Crippen LogP contribution is 2.43. The first kappa shape index (κ1) is 15.2. The maximum atomic E-state index is 12.9. The summed E-state index contributed by atoms with van der Waals surface area (Å²) in [6, 6.07) is 7.86. The fourth-order valence-electron chi connectivity index (χ4n) is 3.09. The van der Waals surface area contributed by atoms with Gasteiger partial charge in [0.15, 0.2) is 5.78 Å². The van der Waals surface area contributed by atoms with E-state index in [0.717, 1.165) is 36.8 Å². The maximum absolute atomic E-state index is 12.9. The van der Waals surface area contributed by atoms with Gasteiger partial charge in [-0.1, -0.05) is 37.6 Å². The molecule has 1 aliphatic rings. The molecular formula is C18H26O2. The lowest BCUT2D eigenvalue weighted by atomic mass is 9.68. The minimum Gasteiger partial charge on any atom is -0.367 e. The van der Waals surface area contributed by atoms with Crippen molar-refractivity contribution in [1.82, 2.24) is 0 Å². The van der Waals surface area contributed by atoms with Crippen molar-refractivity contribution in [3.05, 3.63) is 35.4 Å². The number of aryl methyl sites for hydroxylation is 1. The van der Waals surface area contributed by atoms with E-state index in [1.807, 2.05) is 38.1 Å². The van der Waals surface area contributed by atoms with Gasteiger partial charge in [-0.2, -0.15) is 0 Å². The largest absolute Gasteiger partial charge is 0.367 e. The molecule has 0 bridgehead atoms. The van der Waals surface area contributed by atoms with Crippen molar-refractivity contribution in [3.8, 4) is 0 Å². The standard InChI is InChI=1S/C18H26O2/c1-5-20-18(11-9-17(3,4)10-12-18)16(19)15-8-6-7-14(2)13-15/h6-8,13H,5,9-12H2,1-4H3. The SMILES string of the molecule is CCOC1(C(=O)c2cccc(C)c2)CCC(C)(C)CC1. The number of carbonyl (C=O) groups is 1. The molecule has 0 atom stereocenters. The van der Waals surface area contributed by atoms with Gasteiger partial charge < -0.3 is 4.74 Å². The third kappa shape index (κ3) is 3.12. The Morgan fingerprint density at radius 2 is 1.85 bits per heavy atom. The summed E-state index contributed by atoms with van der Waals surface area (Å²) in [6.45, 7) is 9.15. The predicted octanol–water partition coefficient (Wildman–Crippen LogP) is 4.55. The van der Waals surface area contributed by atoms with Crippen LogP contribution < -0.4 is 0 Å². The summed E-state index contributed by atoms with van der Waals surface area (Å²) >= 11 is 0.